The molecule has 0 saturated carbocycles. The fourth-order valence-electron chi connectivity index (χ4n) is 8.74. The highest BCUT2D eigenvalue weighted by Crippen LogP contribution is 2.46. The second-order valence-corrected chi connectivity index (χ2v) is 20.3. The molecule has 3 saturated heterocycles. The Morgan fingerprint density at radius 2 is 1.71 bits per heavy atom. The van der Waals surface area contributed by atoms with Crippen LogP contribution in [0.15, 0.2) is 71.5 Å². The first-order valence-corrected chi connectivity index (χ1v) is 23.7. The van der Waals surface area contributed by atoms with Crippen molar-refractivity contribution in [3.8, 4) is 21.9 Å². The van der Waals surface area contributed by atoms with Gasteiger partial charge in [0, 0.05) is 49.0 Å². The number of urea groups is 1. The number of hydrogen-bond donors (Lipinski definition) is 5. The number of thiophene rings is 1. The minimum atomic E-state index is -3.82. The van der Waals surface area contributed by atoms with E-state index in [1.54, 1.807) is 72.6 Å². The number of likely N-dealkylation sites (tertiary alicyclic amines) is 1. The van der Waals surface area contributed by atoms with Crippen molar-refractivity contribution in [3.05, 3.63) is 92.7 Å². The summed E-state index contributed by atoms with van der Waals surface area (Å²) in [5.41, 5.74) is 2.13. The third kappa shape index (κ3) is 9.46. The first kappa shape index (κ1) is 46.1. The summed E-state index contributed by atoms with van der Waals surface area (Å²) in [6.45, 7) is 3.78. The molecule has 66 heavy (non-hydrogen) atoms. The lowest BCUT2D eigenvalue weighted by atomic mass is 9.89. The highest BCUT2D eigenvalue weighted by molar-refractivity contribution is 7.88. The van der Waals surface area contributed by atoms with Gasteiger partial charge < -0.3 is 35.2 Å². The predicted molar refractivity (Wildman–Crippen MR) is 245 cm³/mol. The van der Waals surface area contributed by atoms with Crippen LogP contribution in [0, 0.1) is 0 Å². The van der Waals surface area contributed by atoms with Gasteiger partial charge in [-0.05, 0) is 80.6 Å². The topological polar surface area (TPSA) is 248 Å². The number of carboxylic acid groups (broad SMARTS) is 2. The molecule has 8 rings (SSSR count). The fraction of sp³-hybridized carbons (Fsp3) is 0.364. The Kier molecular flexibility index (Phi) is 12.7. The van der Waals surface area contributed by atoms with Crippen molar-refractivity contribution in [2.45, 2.75) is 69.0 Å². The van der Waals surface area contributed by atoms with Crippen LogP contribution in [0.3, 0.4) is 0 Å². The van der Waals surface area contributed by atoms with Crippen molar-refractivity contribution in [3.63, 3.8) is 0 Å². The van der Waals surface area contributed by atoms with Crippen LogP contribution in [0.25, 0.3) is 21.5 Å². The number of anilines is 2. The van der Waals surface area contributed by atoms with Gasteiger partial charge in [0.15, 0.2) is 17.2 Å². The van der Waals surface area contributed by atoms with Crippen LogP contribution in [0.2, 0.25) is 5.02 Å². The number of hydrogen-bond acceptors (Lipinski definition) is 12. The van der Waals surface area contributed by atoms with Crippen molar-refractivity contribution in [1.29, 1.82) is 0 Å². The Labute approximate surface area is 386 Å². The summed E-state index contributed by atoms with van der Waals surface area (Å²) in [6.07, 6.45) is 0.989. The molecule has 3 fully saturated rings. The lowest BCUT2D eigenvalue weighted by Gasteiger charge is -2.45. The molecule has 3 aliphatic heterocycles. The highest BCUT2D eigenvalue weighted by atomic mass is 35.5. The van der Waals surface area contributed by atoms with E-state index < -0.39 is 51.7 Å². The van der Waals surface area contributed by atoms with E-state index in [4.69, 9.17) is 26.2 Å². The molecule has 348 valence electrons. The molecule has 5 aromatic rings. The number of aryl methyl sites for hydroxylation is 1. The molecule has 4 amide bonds. The SMILES string of the molecule is Cn1c(=O)n(C2CCC(=O)NC2=O)c2ccc(OC3CN(C(=O)Nc4cccc(CS(=O)(=O)N5CCC(Nc6cccc(-c7sc(C(=O)O)c(OCC(=O)O)c7Cl)c6)CC5(C)C)c4)C3)cc21. The highest BCUT2D eigenvalue weighted by Gasteiger charge is 2.42. The fourth-order valence-corrected chi connectivity index (χ4v) is 12.1. The smallest absolute Gasteiger partial charge is 0.349 e. The number of carbonyl (C=O) groups is 5. The number of rotatable bonds is 14. The summed E-state index contributed by atoms with van der Waals surface area (Å²) >= 11 is 7.38. The zero-order valence-electron chi connectivity index (χ0n) is 35.9. The minimum absolute atomic E-state index is 0.00837. The van der Waals surface area contributed by atoms with Gasteiger partial charge >= 0.3 is 23.7 Å². The van der Waals surface area contributed by atoms with Gasteiger partial charge in [0.1, 0.15) is 22.9 Å². The molecule has 0 spiro atoms. The molecular formula is C44H46ClN7O12S2. The Balaban J connectivity index is 0.845. The predicted octanol–water partition coefficient (Wildman–Crippen LogP) is 5.34. The molecule has 19 nitrogen and oxygen atoms in total. The third-order valence-corrected chi connectivity index (χ3v) is 15.6. The minimum Gasteiger partial charge on any atom is -0.487 e. The normalized spacial score (nSPS) is 18.9. The number of carboxylic acids is 2. The molecule has 5 N–H and O–H groups in total. The number of nitrogens with zero attached hydrogens (tertiary/aromatic N) is 4. The molecule has 2 aromatic heterocycles. The summed E-state index contributed by atoms with van der Waals surface area (Å²) in [5.74, 6) is -3.49. The number of sulfonamides is 1. The van der Waals surface area contributed by atoms with Crippen LogP contribution < -0.4 is 31.1 Å². The number of aliphatic carboxylic acids is 1. The van der Waals surface area contributed by atoms with E-state index >= 15 is 0 Å². The number of nitrogens with one attached hydrogen (secondary N) is 3. The molecule has 0 aliphatic carbocycles. The van der Waals surface area contributed by atoms with Crippen LogP contribution in [-0.4, -0.2) is 111 Å². The number of amides is 4. The molecule has 2 unspecified atom stereocenters. The van der Waals surface area contributed by atoms with E-state index in [9.17, 15) is 42.3 Å². The van der Waals surface area contributed by atoms with Gasteiger partial charge in [-0.2, -0.15) is 4.31 Å². The Hall–Kier alpha value is -6.42. The second kappa shape index (κ2) is 18.1. The summed E-state index contributed by atoms with van der Waals surface area (Å²) in [7, 11) is -2.23. The van der Waals surface area contributed by atoms with Crippen LogP contribution in [0.4, 0.5) is 16.2 Å². The standard InChI is InChI=1S/C44H46ClN7O12S2/c1-44(2)19-28(46-27-9-5-7-25(17-27)38-36(45)37(63-22-35(54)55)39(65-38)41(57)58)14-15-51(44)66(61,62)23-24-6-4-8-26(16-24)47-42(59)50-20-30(21-50)64-29-10-11-31-33(18-29)49(3)43(60)52(31)32-12-13-34(53)48-40(32)56/h4-11,16-18,28,30,32,46H,12-15,19-23H2,1-3H3,(H,47,59)(H,54,55)(H,57,58)(H,48,53,56). The molecule has 0 radical (unpaired) electrons. The summed E-state index contributed by atoms with van der Waals surface area (Å²) in [6, 6.07) is 17.6. The van der Waals surface area contributed by atoms with Crippen LogP contribution in [-0.2, 0) is 37.2 Å². The second-order valence-electron chi connectivity index (χ2n) is 17.1. The van der Waals surface area contributed by atoms with Gasteiger partial charge in [-0.15, -0.1) is 11.3 Å². The Morgan fingerprint density at radius 3 is 2.42 bits per heavy atom. The summed E-state index contributed by atoms with van der Waals surface area (Å²) < 4.78 is 43.6. The zero-order valence-corrected chi connectivity index (χ0v) is 38.3. The Bertz CT molecular complexity index is 2960. The van der Waals surface area contributed by atoms with Gasteiger partial charge in [0.25, 0.3) is 0 Å². The number of halogens is 1. The number of carbonyl (C=O) groups excluding carboxylic acids is 3. The number of ether oxygens (including phenoxy) is 2. The number of imidazole rings is 1. The van der Waals surface area contributed by atoms with E-state index in [2.05, 4.69) is 16.0 Å². The van der Waals surface area contributed by atoms with Gasteiger partial charge in [0.05, 0.1) is 34.8 Å². The maximum Gasteiger partial charge on any atom is 0.349 e. The first-order chi connectivity index (χ1) is 31.3. The molecular weight excluding hydrogens is 918 g/mol. The molecule has 22 heteroatoms. The third-order valence-electron chi connectivity index (χ3n) is 11.8. The van der Waals surface area contributed by atoms with E-state index in [1.165, 1.54) is 13.4 Å². The zero-order chi connectivity index (χ0) is 47.2. The number of aromatic nitrogens is 2. The quantitative estimate of drug-likeness (QED) is 0.0884. The Morgan fingerprint density at radius 1 is 0.970 bits per heavy atom. The summed E-state index contributed by atoms with van der Waals surface area (Å²) in [5, 5.41) is 27.4. The number of fused-ring (bicyclic) bond motifs is 1. The monoisotopic (exact) mass is 963 g/mol. The van der Waals surface area contributed by atoms with E-state index in [0.29, 0.717) is 57.0 Å². The van der Waals surface area contributed by atoms with Crippen LogP contribution in [0.1, 0.15) is 60.8 Å². The van der Waals surface area contributed by atoms with Crippen molar-refractivity contribution in [1.82, 2.24) is 23.7 Å². The number of aromatic carboxylic acids is 1. The number of piperidine rings is 2. The average Bonchev–Trinajstić information content (AvgIpc) is 3.69. The van der Waals surface area contributed by atoms with Crippen molar-refractivity contribution < 1.29 is 52.1 Å². The summed E-state index contributed by atoms with van der Waals surface area (Å²) in [4.78, 5) is 75.3. The van der Waals surface area contributed by atoms with Gasteiger partial charge in [-0.3, -0.25) is 24.0 Å². The average molecular weight is 964 g/mol. The van der Waals surface area contributed by atoms with Crippen molar-refractivity contribution in [2.75, 3.05) is 36.9 Å². The van der Waals surface area contributed by atoms with Gasteiger partial charge in [-0.1, -0.05) is 35.9 Å². The van der Waals surface area contributed by atoms with E-state index in [-0.39, 0.29) is 78.0 Å². The largest absolute Gasteiger partial charge is 0.487 e. The molecule has 3 aliphatic rings. The molecule has 0 bridgehead atoms. The van der Waals surface area contributed by atoms with Crippen LogP contribution in [0.5, 0.6) is 11.5 Å². The maximum atomic E-state index is 14.0. The lowest BCUT2D eigenvalue weighted by Crippen LogP contribution is -2.57. The first-order valence-electron chi connectivity index (χ1n) is 20.9. The van der Waals surface area contributed by atoms with Gasteiger partial charge in [-0.25, -0.2) is 27.6 Å². The molecule has 3 aromatic carbocycles. The van der Waals surface area contributed by atoms with E-state index in [0.717, 1.165) is 11.3 Å². The van der Waals surface area contributed by atoms with Crippen molar-refractivity contribution in [2.24, 2.45) is 7.05 Å². The lowest BCUT2D eigenvalue weighted by molar-refractivity contribution is -0.139. The molecule has 5 heterocycles. The van der Waals surface area contributed by atoms with Gasteiger partial charge in [0.2, 0.25) is 21.8 Å². The maximum absolute atomic E-state index is 14.0. The van der Waals surface area contributed by atoms with E-state index in [1.807, 2.05) is 19.9 Å². The number of imide groups is 1. The van der Waals surface area contributed by atoms with Crippen molar-refractivity contribution >= 4 is 85.2 Å². The van der Waals surface area contributed by atoms with Crippen LogP contribution >= 0.6 is 22.9 Å². The number of benzene rings is 3. The molecule has 2 atom stereocenters.